The van der Waals surface area contributed by atoms with E-state index < -0.39 is 0 Å². The van der Waals surface area contributed by atoms with E-state index in [9.17, 15) is 0 Å². The maximum absolute atomic E-state index is 8.82. The first-order valence-electron chi connectivity index (χ1n) is 6.34. The van der Waals surface area contributed by atoms with Crippen molar-refractivity contribution in [2.45, 2.75) is 27.7 Å². The predicted octanol–water partition coefficient (Wildman–Crippen LogP) is 2.65. The van der Waals surface area contributed by atoms with Crippen molar-refractivity contribution in [1.82, 2.24) is 4.98 Å². The van der Waals surface area contributed by atoms with Gasteiger partial charge in [0.2, 0.25) is 0 Å². The summed E-state index contributed by atoms with van der Waals surface area (Å²) in [7, 11) is 0. The van der Waals surface area contributed by atoms with Gasteiger partial charge in [-0.1, -0.05) is 27.7 Å². The minimum Gasteiger partial charge on any atom is -0.396 e. The Balaban J connectivity index is 3.01. The molecule has 0 aliphatic carbocycles. The highest BCUT2D eigenvalue weighted by Crippen LogP contribution is 2.23. The number of aromatic nitrogens is 1. The highest BCUT2D eigenvalue weighted by molar-refractivity contribution is 5.64. The smallest absolute Gasteiger partial charge is 0.151 e. The quantitative estimate of drug-likeness (QED) is 0.867. The zero-order valence-corrected chi connectivity index (χ0v) is 11.6. The maximum Gasteiger partial charge on any atom is 0.151 e. The summed E-state index contributed by atoms with van der Waals surface area (Å²) in [6, 6.07) is 3.74. The van der Waals surface area contributed by atoms with Gasteiger partial charge in [0.25, 0.3) is 0 Å². The summed E-state index contributed by atoms with van der Waals surface area (Å²) in [5, 5.41) is 8.82. The maximum atomic E-state index is 8.82. The van der Waals surface area contributed by atoms with Gasteiger partial charge < -0.3 is 10.6 Å². The second kappa shape index (κ2) is 6.25. The fraction of sp³-hybridized carbons (Fsp3) is 0.571. The van der Waals surface area contributed by atoms with Crippen LogP contribution in [0.25, 0.3) is 0 Å². The van der Waals surface area contributed by atoms with Gasteiger partial charge in [0, 0.05) is 19.3 Å². The molecule has 0 aromatic carbocycles. The number of hydrogen-bond acceptors (Lipinski definition) is 4. The monoisotopic (exact) mass is 246 g/mol. The molecule has 0 amide bonds. The summed E-state index contributed by atoms with van der Waals surface area (Å²) in [5.41, 5.74) is 7.08. The van der Waals surface area contributed by atoms with Crippen LogP contribution in [0.4, 0.5) is 11.5 Å². The van der Waals surface area contributed by atoms with Gasteiger partial charge in [-0.25, -0.2) is 4.98 Å². The number of pyridine rings is 1. The highest BCUT2D eigenvalue weighted by Gasteiger charge is 2.14. The lowest BCUT2D eigenvalue weighted by molar-refractivity contribution is 0.549. The van der Waals surface area contributed by atoms with Crippen molar-refractivity contribution in [3.8, 4) is 6.07 Å². The largest absolute Gasteiger partial charge is 0.396 e. The van der Waals surface area contributed by atoms with Crippen LogP contribution in [0, 0.1) is 23.2 Å². The standard InChI is InChI=1S/C14H22N4/c1-10(2)8-18(9-11(3)4)14-13(16)5-12(6-15)7-17-14/h5,7,10-11H,8-9,16H2,1-4H3. The van der Waals surface area contributed by atoms with E-state index in [-0.39, 0.29) is 0 Å². The summed E-state index contributed by atoms with van der Waals surface area (Å²) < 4.78 is 0. The molecule has 1 rings (SSSR count). The van der Waals surface area contributed by atoms with Crippen molar-refractivity contribution >= 4 is 11.5 Å². The third-order valence-electron chi connectivity index (χ3n) is 2.49. The van der Waals surface area contributed by atoms with Crippen LogP contribution in [-0.2, 0) is 0 Å². The van der Waals surface area contributed by atoms with Crippen LogP contribution >= 0.6 is 0 Å². The summed E-state index contributed by atoms with van der Waals surface area (Å²) in [4.78, 5) is 6.53. The lowest BCUT2D eigenvalue weighted by Gasteiger charge is -2.28. The Hall–Kier alpha value is -1.76. The number of nitrogen functional groups attached to an aromatic ring is 1. The molecule has 1 aromatic rings. The fourth-order valence-electron chi connectivity index (χ4n) is 1.93. The van der Waals surface area contributed by atoms with Crippen LogP contribution in [0.2, 0.25) is 0 Å². The van der Waals surface area contributed by atoms with Crippen LogP contribution < -0.4 is 10.6 Å². The molecular formula is C14H22N4. The molecular weight excluding hydrogens is 224 g/mol. The van der Waals surface area contributed by atoms with Gasteiger partial charge in [0.05, 0.1) is 11.3 Å². The van der Waals surface area contributed by atoms with Crippen LogP contribution in [-0.4, -0.2) is 18.1 Å². The lowest BCUT2D eigenvalue weighted by Crippen LogP contribution is -2.32. The highest BCUT2D eigenvalue weighted by atomic mass is 15.2. The number of hydrogen-bond donors (Lipinski definition) is 1. The summed E-state index contributed by atoms with van der Waals surface area (Å²) in [5.74, 6) is 1.87. The molecule has 2 N–H and O–H groups in total. The molecule has 0 radical (unpaired) electrons. The minimum atomic E-state index is 0.505. The van der Waals surface area contributed by atoms with Gasteiger partial charge in [0.1, 0.15) is 6.07 Å². The Bertz CT molecular complexity index is 422. The van der Waals surface area contributed by atoms with E-state index >= 15 is 0 Å². The van der Waals surface area contributed by atoms with Crippen LogP contribution in [0.15, 0.2) is 12.3 Å². The Kier molecular flexibility index (Phi) is 4.96. The Morgan fingerprint density at radius 2 is 1.83 bits per heavy atom. The van der Waals surface area contributed by atoms with Gasteiger partial charge in [-0.3, -0.25) is 0 Å². The van der Waals surface area contributed by atoms with E-state index in [1.54, 1.807) is 12.3 Å². The van der Waals surface area contributed by atoms with Gasteiger partial charge in [-0.05, 0) is 17.9 Å². The normalized spacial score (nSPS) is 10.7. The number of nitriles is 1. The van der Waals surface area contributed by atoms with Crippen molar-refractivity contribution in [3.05, 3.63) is 17.8 Å². The van der Waals surface area contributed by atoms with Gasteiger partial charge in [-0.15, -0.1) is 0 Å². The average molecular weight is 246 g/mol. The van der Waals surface area contributed by atoms with Gasteiger partial charge in [-0.2, -0.15) is 5.26 Å². The molecule has 0 spiro atoms. The van der Waals surface area contributed by atoms with E-state index in [0.717, 1.165) is 18.9 Å². The number of nitrogens with zero attached hydrogens (tertiary/aromatic N) is 3. The molecule has 0 unspecified atom stereocenters. The van der Waals surface area contributed by atoms with E-state index in [4.69, 9.17) is 11.0 Å². The first kappa shape index (κ1) is 14.3. The number of anilines is 2. The molecule has 0 fully saturated rings. The minimum absolute atomic E-state index is 0.505. The van der Waals surface area contributed by atoms with Gasteiger partial charge in [0.15, 0.2) is 5.82 Å². The molecule has 0 atom stereocenters. The van der Waals surface area contributed by atoms with E-state index in [1.807, 2.05) is 0 Å². The summed E-state index contributed by atoms with van der Waals surface area (Å²) >= 11 is 0. The van der Waals surface area contributed by atoms with Crippen molar-refractivity contribution in [3.63, 3.8) is 0 Å². The molecule has 4 nitrogen and oxygen atoms in total. The topological polar surface area (TPSA) is 65.9 Å². The lowest BCUT2D eigenvalue weighted by atomic mass is 10.1. The Morgan fingerprint density at radius 1 is 1.28 bits per heavy atom. The fourth-order valence-corrected chi connectivity index (χ4v) is 1.93. The second-order valence-electron chi connectivity index (χ2n) is 5.44. The molecule has 1 aromatic heterocycles. The van der Waals surface area contributed by atoms with Crippen molar-refractivity contribution in [2.24, 2.45) is 11.8 Å². The average Bonchev–Trinajstić information content (AvgIpc) is 2.26. The molecule has 0 aliphatic heterocycles. The molecule has 98 valence electrons. The molecule has 18 heavy (non-hydrogen) atoms. The summed E-state index contributed by atoms with van der Waals surface area (Å²) in [6.07, 6.45) is 1.58. The van der Waals surface area contributed by atoms with Crippen molar-refractivity contribution in [2.75, 3.05) is 23.7 Å². The molecule has 4 heteroatoms. The third kappa shape index (κ3) is 3.92. The Labute approximate surface area is 109 Å². The number of rotatable bonds is 5. The summed E-state index contributed by atoms with van der Waals surface area (Å²) in [6.45, 7) is 10.5. The third-order valence-corrected chi connectivity index (χ3v) is 2.49. The van der Waals surface area contributed by atoms with Crippen molar-refractivity contribution < 1.29 is 0 Å². The SMILES string of the molecule is CC(C)CN(CC(C)C)c1ncc(C#N)cc1N. The molecule has 0 saturated carbocycles. The first-order chi connectivity index (χ1) is 8.43. The number of nitrogens with two attached hydrogens (primary N) is 1. The van der Waals surface area contributed by atoms with Crippen molar-refractivity contribution in [1.29, 1.82) is 5.26 Å². The molecule has 0 aliphatic rings. The van der Waals surface area contributed by atoms with E-state index in [2.05, 4.69) is 43.6 Å². The zero-order valence-electron chi connectivity index (χ0n) is 11.6. The first-order valence-corrected chi connectivity index (χ1v) is 6.34. The Morgan fingerprint density at radius 3 is 2.22 bits per heavy atom. The van der Waals surface area contributed by atoms with E-state index in [1.165, 1.54) is 0 Å². The molecule has 0 saturated heterocycles. The molecule has 0 bridgehead atoms. The second-order valence-corrected chi connectivity index (χ2v) is 5.44. The predicted molar refractivity (Wildman–Crippen MR) is 75.3 cm³/mol. The van der Waals surface area contributed by atoms with E-state index in [0.29, 0.717) is 23.1 Å². The van der Waals surface area contributed by atoms with Crippen LogP contribution in [0.3, 0.4) is 0 Å². The van der Waals surface area contributed by atoms with Gasteiger partial charge >= 0.3 is 0 Å². The molecule has 1 heterocycles. The van der Waals surface area contributed by atoms with Crippen LogP contribution in [0.1, 0.15) is 33.3 Å². The van der Waals surface area contributed by atoms with Crippen LogP contribution in [0.5, 0.6) is 0 Å². The zero-order chi connectivity index (χ0) is 13.7.